The Hall–Kier alpha value is -1.65. The molecule has 1 unspecified atom stereocenters. The molecule has 0 aromatic heterocycles. The van der Waals surface area contributed by atoms with Crippen molar-refractivity contribution in [2.24, 2.45) is 0 Å². The molecule has 2 aromatic rings. The van der Waals surface area contributed by atoms with Gasteiger partial charge in [-0.3, -0.25) is 4.79 Å². The largest absolute Gasteiger partial charge is 0.481 e. The smallest absolute Gasteiger partial charge is 0.313 e. The molecular weight excluding hydrogens is 294 g/mol. The van der Waals surface area contributed by atoms with Crippen LogP contribution in [0.25, 0.3) is 0 Å². The predicted octanol–water partition coefficient (Wildman–Crippen LogP) is 3.83. The van der Waals surface area contributed by atoms with Gasteiger partial charge in [-0.15, -0.1) is 11.8 Å². The molecule has 1 atom stereocenters. The van der Waals surface area contributed by atoms with Crippen LogP contribution in [0, 0.1) is 0 Å². The van der Waals surface area contributed by atoms with Gasteiger partial charge in [0.05, 0.1) is 11.0 Å². The summed E-state index contributed by atoms with van der Waals surface area (Å²) < 4.78 is 0. The zero-order chi connectivity index (χ0) is 14.5. The third kappa shape index (κ3) is 3.46. The van der Waals surface area contributed by atoms with E-state index in [1.165, 1.54) is 11.8 Å². The number of nitrogens with two attached hydrogens (primary N) is 1. The lowest BCUT2D eigenvalue weighted by molar-refractivity contribution is -0.133. The number of hydrogen-bond acceptors (Lipinski definition) is 3. The normalized spacial score (nSPS) is 12.1. The van der Waals surface area contributed by atoms with Gasteiger partial charge in [0.1, 0.15) is 0 Å². The van der Waals surface area contributed by atoms with E-state index in [2.05, 4.69) is 0 Å². The van der Waals surface area contributed by atoms with Gasteiger partial charge in [0.2, 0.25) is 0 Å². The van der Waals surface area contributed by atoms with E-state index >= 15 is 0 Å². The average molecular weight is 308 g/mol. The summed E-state index contributed by atoms with van der Waals surface area (Å²) in [6.45, 7) is 0. The van der Waals surface area contributed by atoms with E-state index in [0.29, 0.717) is 10.7 Å². The van der Waals surface area contributed by atoms with Crippen molar-refractivity contribution in [3.8, 4) is 0 Å². The van der Waals surface area contributed by atoms with E-state index in [9.17, 15) is 4.79 Å². The molecule has 0 aliphatic rings. The molecule has 0 saturated carbocycles. The van der Waals surface area contributed by atoms with E-state index in [-0.39, 0.29) is 11.0 Å². The molecule has 0 heterocycles. The first-order valence-corrected chi connectivity index (χ1v) is 7.44. The van der Waals surface area contributed by atoms with Crippen molar-refractivity contribution in [3.05, 3.63) is 64.7 Å². The second kappa shape index (κ2) is 6.68. The van der Waals surface area contributed by atoms with Crippen LogP contribution in [0.4, 0.5) is 5.69 Å². The molecule has 0 radical (unpaired) electrons. The number of carboxylic acid groups (broad SMARTS) is 1. The van der Waals surface area contributed by atoms with Crippen LogP contribution >= 0.6 is 23.4 Å². The minimum absolute atomic E-state index is 0.00970. The van der Waals surface area contributed by atoms with Gasteiger partial charge in [0.15, 0.2) is 0 Å². The van der Waals surface area contributed by atoms with Gasteiger partial charge in [-0.2, -0.15) is 0 Å². The maximum atomic E-state index is 10.9. The van der Waals surface area contributed by atoms with Gasteiger partial charge >= 0.3 is 5.97 Å². The first kappa shape index (κ1) is 14.8. The van der Waals surface area contributed by atoms with Crippen molar-refractivity contribution in [1.82, 2.24) is 0 Å². The Kier molecular flexibility index (Phi) is 4.93. The third-order valence-electron chi connectivity index (χ3n) is 2.84. The van der Waals surface area contributed by atoms with Crippen LogP contribution in [0.15, 0.2) is 48.5 Å². The lowest BCUT2D eigenvalue weighted by Gasteiger charge is -2.19. The number of benzene rings is 2. The van der Waals surface area contributed by atoms with E-state index in [1.54, 1.807) is 12.1 Å². The Morgan fingerprint density at radius 1 is 1.15 bits per heavy atom. The Morgan fingerprint density at radius 3 is 2.35 bits per heavy atom. The number of carbonyl (C=O) groups is 1. The number of halogens is 1. The molecule has 3 nitrogen and oxygen atoms in total. The van der Waals surface area contributed by atoms with Crippen molar-refractivity contribution >= 4 is 35.0 Å². The number of aliphatic carboxylic acids is 1. The van der Waals surface area contributed by atoms with Crippen LogP contribution < -0.4 is 5.73 Å². The second-order valence-electron chi connectivity index (χ2n) is 4.24. The predicted molar refractivity (Wildman–Crippen MR) is 84.2 cm³/mol. The standard InChI is InChI=1S/C15H14ClNO2S/c16-12-7-3-1-5-10(12)15(20-9-14(18)19)11-6-2-4-8-13(11)17/h1-8,15H,9,17H2,(H,18,19). The van der Waals surface area contributed by atoms with E-state index < -0.39 is 5.97 Å². The summed E-state index contributed by atoms with van der Waals surface area (Å²) in [4.78, 5) is 10.9. The fourth-order valence-corrected chi connectivity index (χ4v) is 3.34. The van der Waals surface area contributed by atoms with E-state index in [4.69, 9.17) is 22.4 Å². The van der Waals surface area contributed by atoms with Crippen molar-refractivity contribution in [1.29, 1.82) is 0 Å². The quantitative estimate of drug-likeness (QED) is 0.824. The molecule has 5 heteroatoms. The SMILES string of the molecule is Nc1ccccc1C(SCC(=O)O)c1ccccc1Cl. The molecule has 0 saturated heterocycles. The number of rotatable bonds is 5. The van der Waals surface area contributed by atoms with Crippen molar-refractivity contribution in [3.63, 3.8) is 0 Å². The minimum atomic E-state index is -0.860. The molecule has 2 rings (SSSR count). The highest BCUT2D eigenvalue weighted by atomic mass is 35.5. The lowest BCUT2D eigenvalue weighted by Crippen LogP contribution is -2.06. The van der Waals surface area contributed by atoms with Gasteiger partial charge in [0, 0.05) is 10.7 Å². The van der Waals surface area contributed by atoms with Crippen LogP contribution in [0.2, 0.25) is 5.02 Å². The molecule has 0 aliphatic carbocycles. The van der Waals surface area contributed by atoms with Gasteiger partial charge < -0.3 is 10.8 Å². The van der Waals surface area contributed by atoms with E-state index in [0.717, 1.165) is 11.1 Å². The first-order valence-electron chi connectivity index (χ1n) is 6.02. The number of carboxylic acids is 1. The molecule has 2 aromatic carbocycles. The summed E-state index contributed by atoms with van der Waals surface area (Å²) in [6.07, 6.45) is 0. The molecule has 0 aliphatic heterocycles. The molecule has 0 spiro atoms. The number of hydrogen-bond donors (Lipinski definition) is 2. The first-order chi connectivity index (χ1) is 9.59. The zero-order valence-corrected chi connectivity index (χ0v) is 12.2. The Bertz CT molecular complexity index is 573. The molecule has 0 fully saturated rings. The van der Waals surface area contributed by atoms with Crippen molar-refractivity contribution in [2.75, 3.05) is 11.5 Å². The summed E-state index contributed by atoms with van der Waals surface area (Å²) in [5.74, 6) is -0.869. The highest BCUT2D eigenvalue weighted by Gasteiger charge is 2.20. The fraction of sp³-hybridized carbons (Fsp3) is 0.133. The minimum Gasteiger partial charge on any atom is -0.481 e. The maximum absolute atomic E-state index is 10.9. The van der Waals surface area contributed by atoms with E-state index in [1.807, 2.05) is 36.4 Å². The second-order valence-corrected chi connectivity index (χ2v) is 5.74. The monoisotopic (exact) mass is 307 g/mol. The van der Waals surface area contributed by atoms with Gasteiger partial charge in [-0.05, 0) is 23.3 Å². The zero-order valence-electron chi connectivity index (χ0n) is 10.6. The van der Waals surface area contributed by atoms with Gasteiger partial charge in [0.25, 0.3) is 0 Å². The number of thioether (sulfide) groups is 1. The van der Waals surface area contributed by atoms with Crippen LogP contribution in [0.5, 0.6) is 0 Å². The van der Waals surface area contributed by atoms with Gasteiger partial charge in [-0.1, -0.05) is 48.0 Å². The van der Waals surface area contributed by atoms with Crippen molar-refractivity contribution < 1.29 is 9.90 Å². The Morgan fingerprint density at radius 2 is 1.75 bits per heavy atom. The molecule has 0 bridgehead atoms. The highest BCUT2D eigenvalue weighted by molar-refractivity contribution is 8.00. The molecule has 20 heavy (non-hydrogen) atoms. The van der Waals surface area contributed by atoms with Crippen LogP contribution in [0.1, 0.15) is 16.4 Å². The lowest BCUT2D eigenvalue weighted by atomic mass is 10.0. The molecular formula is C15H14ClNO2S. The summed E-state index contributed by atoms with van der Waals surface area (Å²) in [5.41, 5.74) is 8.40. The average Bonchev–Trinajstić information content (AvgIpc) is 2.42. The summed E-state index contributed by atoms with van der Waals surface area (Å²) in [5, 5.41) is 9.33. The summed E-state index contributed by atoms with van der Waals surface area (Å²) in [6, 6.07) is 14.9. The van der Waals surface area contributed by atoms with Crippen LogP contribution in [0.3, 0.4) is 0 Å². The molecule has 3 N–H and O–H groups in total. The maximum Gasteiger partial charge on any atom is 0.313 e. The Labute approximate surface area is 126 Å². The summed E-state index contributed by atoms with van der Waals surface area (Å²) >= 11 is 7.54. The highest BCUT2D eigenvalue weighted by Crippen LogP contribution is 2.41. The van der Waals surface area contributed by atoms with Crippen LogP contribution in [-0.4, -0.2) is 16.8 Å². The van der Waals surface area contributed by atoms with Crippen molar-refractivity contribution in [2.45, 2.75) is 5.25 Å². The number of anilines is 1. The van der Waals surface area contributed by atoms with Crippen LogP contribution in [-0.2, 0) is 4.79 Å². The molecule has 104 valence electrons. The Balaban J connectivity index is 2.42. The summed E-state index contributed by atoms with van der Waals surface area (Å²) in [7, 11) is 0. The van der Waals surface area contributed by atoms with Gasteiger partial charge in [-0.25, -0.2) is 0 Å². The number of para-hydroxylation sites is 1. The fourth-order valence-electron chi connectivity index (χ4n) is 1.94. The molecule has 0 amide bonds. The number of nitrogen functional groups attached to an aromatic ring is 1. The third-order valence-corrected chi connectivity index (χ3v) is 4.44. The topological polar surface area (TPSA) is 63.3 Å².